The Morgan fingerprint density at radius 2 is 2.11 bits per heavy atom. The van der Waals surface area contributed by atoms with Gasteiger partial charge in [-0.15, -0.1) is 0 Å². The van der Waals surface area contributed by atoms with Gasteiger partial charge in [-0.2, -0.15) is 5.26 Å². The van der Waals surface area contributed by atoms with Crippen molar-refractivity contribution < 1.29 is 19.0 Å². The first-order valence-corrected chi connectivity index (χ1v) is 8.29. The molecular weight excluding hydrogens is 370 g/mol. The van der Waals surface area contributed by atoms with Crippen molar-refractivity contribution in [2.45, 2.75) is 12.8 Å². The monoisotopic (exact) mass is 385 g/mol. The average molecular weight is 386 g/mol. The maximum Gasteiger partial charge on any atom is 0.338 e. The highest BCUT2D eigenvalue weighted by molar-refractivity contribution is 6.30. The number of esters is 1. The van der Waals surface area contributed by atoms with Gasteiger partial charge in [-0.3, -0.25) is 0 Å². The standard InChI is InChI=1S/C19H16ClN3O4/c1-9-15(19(24)26-3)16(13(8-21)18(22)27-9)12-6-10-4-5-11(25-2)7-14(10)23-17(12)20/h4-7,16H,22H2,1-3H3/t16-/m1/s1. The molecule has 0 radical (unpaired) electrons. The molecule has 7 nitrogen and oxygen atoms in total. The molecule has 1 aliphatic heterocycles. The van der Waals surface area contributed by atoms with Crippen LogP contribution in [0, 0.1) is 11.3 Å². The molecule has 0 unspecified atom stereocenters. The summed E-state index contributed by atoms with van der Waals surface area (Å²) in [6.07, 6.45) is 0. The highest BCUT2D eigenvalue weighted by atomic mass is 35.5. The third-order valence-electron chi connectivity index (χ3n) is 4.33. The molecule has 1 atom stereocenters. The number of benzene rings is 1. The normalized spacial score (nSPS) is 16.8. The second kappa shape index (κ2) is 7.17. The third-order valence-corrected chi connectivity index (χ3v) is 4.63. The van der Waals surface area contributed by atoms with E-state index in [1.807, 2.05) is 12.1 Å². The lowest BCUT2D eigenvalue weighted by atomic mass is 9.83. The van der Waals surface area contributed by atoms with Gasteiger partial charge in [0.15, 0.2) is 0 Å². The maximum atomic E-state index is 12.4. The van der Waals surface area contributed by atoms with Gasteiger partial charge in [-0.05, 0) is 25.1 Å². The second-order valence-corrected chi connectivity index (χ2v) is 6.17. The van der Waals surface area contributed by atoms with E-state index in [1.54, 1.807) is 32.2 Å². The Morgan fingerprint density at radius 1 is 1.37 bits per heavy atom. The summed E-state index contributed by atoms with van der Waals surface area (Å²) in [6.45, 7) is 1.58. The molecule has 138 valence electrons. The topological polar surface area (TPSA) is 107 Å². The number of halogens is 1. The number of pyridine rings is 1. The van der Waals surface area contributed by atoms with E-state index in [-0.39, 0.29) is 27.9 Å². The lowest BCUT2D eigenvalue weighted by molar-refractivity contribution is -0.136. The molecule has 2 N–H and O–H groups in total. The van der Waals surface area contributed by atoms with E-state index in [2.05, 4.69) is 4.98 Å². The number of rotatable bonds is 3. The molecule has 2 aromatic rings. The van der Waals surface area contributed by atoms with Gasteiger partial charge in [0.1, 0.15) is 28.3 Å². The van der Waals surface area contributed by atoms with Gasteiger partial charge in [-0.1, -0.05) is 11.6 Å². The average Bonchev–Trinajstić information content (AvgIpc) is 2.65. The van der Waals surface area contributed by atoms with E-state index in [1.165, 1.54) is 7.11 Å². The molecule has 0 spiro atoms. The predicted molar refractivity (Wildman–Crippen MR) is 98.7 cm³/mol. The molecule has 8 heteroatoms. The number of nitriles is 1. The smallest absolute Gasteiger partial charge is 0.338 e. The van der Waals surface area contributed by atoms with E-state index in [4.69, 9.17) is 31.5 Å². The summed E-state index contributed by atoms with van der Waals surface area (Å²) in [7, 11) is 2.81. The zero-order valence-corrected chi connectivity index (χ0v) is 15.6. The number of aromatic nitrogens is 1. The molecule has 0 aliphatic carbocycles. The molecule has 0 amide bonds. The fourth-order valence-electron chi connectivity index (χ4n) is 3.04. The number of hydrogen-bond donors (Lipinski definition) is 1. The van der Waals surface area contributed by atoms with E-state index in [9.17, 15) is 10.1 Å². The van der Waals surface area contributed by atoms with Crippen LogP contribution in [0.15, 0.2) is 47.1 Å². The van der Waals surface area contributed by atoms with Crippen molar-refractivity contribution in [3.63, 3.8) is 0 Å². The second-order valence-electron chi connectivity index (χ2n) is 5.81. The number of ether oxygens (including phenoxy) is 3. The first kappa shape index (κ1) is 18.5. The molecule has 0 saturated carbocycles. The zero-order chi connectivity index (χ0) is 19.7. The van der Waals surface area contributed by atoms with Crippen LogP contribution in [0.4, 0.5) is 0 Å². The Bertz CT molecular complexity index is 1050. The van der Waals surface area contributed by atoms with Crippen LogP contribution >= 0.6 is 11.6 Å². The summed E-state index contributed by atoms with van der Waals surface area (Å²) < 4.78 is 15.4. The van der Waals surface area contributed by atoms with Crippen LogP contribution in [0.25, 0.3) is 10.9 Å². The Balaban J connectivity index is 2.27. The molecule has 27 heavy (non-hydrogen) atoms. The molecule has 3 rings (SSSR count). The van der Waals surface area contributed by atoms with Crippen LogP contribution in [0.3, 0.4) is 0 Å². The molecule has 0 bridgehead atoms. The molecule has 1 aliphatic rings. The number of methoxy groups -OCH3 is 2. The summed E-state index contributed by atoms with van der Waals surface area (Å²) in [5, 5.41) is 10.5. The van der Waals surface area contributed by atoms with Crippen LogP contribution in [-0.4, -0.2) is 25.2 Å². The summed E-state index contributed by atoms with van der Waals surface area (Å²) >= 11 is 6.42. The van der Waals surface area contributed by atoms with Gasteiger partial charge in [0.2, 0.25) is 5.88 Å². The molecule has 1 aromatic heterocycles. The molecule has 0 fully saturated rings. The number of hydrogen-bond acceptors (Lipinski definition) is 7. The van der Waals surface area contributed by atoms with E-state index < -0.39 is 11.9 Å². The van der Waals surface area contributed by atoms with Gasteiger partial charge < -0.3 is 19.9 Å². The Kier molecular flexibility index (Phi) is 4.93. The lowest BCUT2D eigenvalue weighted by Gasteiger charge is -2.27. The van der Waals surface area contributed by atoms with E-state index in [0.29, 0.717) is 16.8 Å². The van der Waals surface area contributed by atoms with Crippen LogP contribution in [0.2, 0.25) is 5.15 Å². The van der Waals surface area contributed by atoms with Crippen molar-refractivity contribution in [3.8, 4) is 11.8 Å². The molecular formula is C19H16ClN3O4. The van der Waals surface area contributed by atoms with Crippen molar-refractivity contribution in [3.05, 3.63) is 57.8 Å². The first-order valence-electron chi connectivity index (χ1n) is 7.92. The number of carbonyl (C=O) groups excluding carboxylic acids is 1. The Hall–Kier alpha value is -3.24. The Morgan fingerprint density at radius 3 is 2.74 bits per heavy atom. The number of carbonyl (C=O) groups is 1. The summed E-state index contributed by atoms with van der Waals surface area (Å²) in [4.78, 5) is 16.8. The predicted octanol–water partition coefficient (Wildman–Crippen LogP) is 3.15. The summed E-state index contributed by atoms with van der Waals surface area (Å²) in [5.74, 6) is -0.683. The number of nitrogens with zero attached hydrogens (tertiary/aromatic N) is 2. The number of allylic oxidation sites excluding steroid dienone is 2. The van der Waals surface area contributed by atoms with Crippen LogP contribution in [0.1, 0.15) is 18.4 Å². The fraction of sp³-hybridized carbons (Fsp3) is 0.211. The van der Waals surface area contributed by atoms with Crippen molar-refractivity contribution in [2.75, 3.05) is 14.2 Å². The largest absolute Gasteiger partial charge is 0.497 e. The maximum absolute atomic E-state index is 12.4. The minimum atomic E-state index is -0.845. The molecule has 0 saturated heterocycles. The van der Waals surface area contributed by atoms with Gasteiger partial charge >= 0.3 is 5.97 Å². The highest BCUT2D eigenvalue weighted by Gasteiger charge is 2.37. The summed E-state index contributed by atoms with van der Waals surface area (Å²) in [6, 6.07) is 9.11. The summed E-state index contributed by atoms with van der Waals surface area (Å²) in [5.41, 5.74) is 7.17. The van der Waals surface area contributed by atoms with Crippen LogP contribution < -0.4 is 10.5 Å². The fourth-order valence-corrected chi connectivity index (χ4v) is 3.29. The van der Waals surface area contributed by atoms with Gasteiger partial charge in [0.25, 0.3) is 0 Å². The van der Waals surface area contributed by atoms with Gasteiger partial charge in [0, 0.05) is 17.0 Å². The Labute approximate surface area is 160 Å². The third kappa shape index (κ3) is 3.15. The van der Waals surface area contributed by atoms with Crippen LogP contribution in [-0.2, 0) is 14.3 Å². The molecule has 2 heterocycles. The first-order chi connectivity index (χ1) is 12.9. The van der Waals surface area contributed by atoms with Crippen molar-refractivity contribution in [1.82, 2.24) is 4.98 Å². The van der Waals surface area contributed by atoms with E-state index in [0.717, 1.165) is 5.39 Å². The quantitative estimate of drug-likeness (QED) is 0.638. The molecule has 1 aromatic carbocycles. The minimum Gasteiger partial charge on any atom is -0.497 e. The van der Waals surface area contributed by atoms with Crippen molar-refractivity contribution in [2.24, 2.45) is 5.73 Å². The van der Waals surface area contributed by atoms with Crippen molar-refractivity contribution in [1.29, 1.82) is 5.26 Å². The number of fused-ring (bicyclic) bond motifs is 1. The van der Waals surface area contributed by atoms with E-state index >= 15 is 0 Å². The number of nitrogens with two attached hydrogens (primary N) is 1. The van der Waals surface area contributed by atoms with Crippen LogP contribution in [0.5, 0.6) is 5.75 Å². The highest BCUT2D eigenvalue weighted by Crippen LogP contribution is 2.42. The zero-order valence-electron chi connectivity index (χ0n) is 14.9. The van der Waals surface area contributed by atoms with Gasteiger partial charge in [0.05, 0.1) is 31.2 Å². The minimum absolute atomic E-state index is 0.0672. The van der Waals surface area contributed by atoms with Crippen molar-refractivity contribution >= 4 is 28.5 Å². The van der Waals surface area contributed by atoms with Gasteiger partial charge in [-0.25, -0.2) is 9.78 Å². The SMILES string of the molecule is COC(=O)C1=C(C)OC(N)=C(C#N)[C@H]1c1cc2ccc(OC)cc2nc1Cl. The lowest BCUT2D eigenvalue weighted by Crippen LogP contribution is -2.25.